The van der Waals surface area contributed by atoms with Crippen LogP contribution in [0.3, 0.4) is 0 Å². The summed E-state index contributed by atoms with van der Waals surface area (Å²) in [6.45, 7) is 0. The van der Waals surface area contributed by atoms with Gasteiger partial charge < -0.3 is 9.47 Å². The number of ether oxygens (including phenoxy) is 2. The average molecular weight is 384 g/mol. The van der Waals surface area contributed by atoms with E-state index in [0.717, 1.165) is 0 Å². The molecule has 0 N–H and O–H groups in total. The molecule has 0 saturated heterocycles. The van der Waals surface area contributed by atoms with E-state index >= 15 is 0 Å². The van der Waals surface area contributed by atoms with Gasteiger partial charge in [0.05, 0.1) is 19.0 Å². The van der Waals surface area contributed by atoms with Gasteiger partial charge in [0.15, 0.2) is 0 Å². The van der Waals surface area contributed by atoms with Gasteiger partial charge in [-0.1, -0.05) is 17.7 Å². The van der Waals surface area contributed by atoms with E-state index in [1.165, 1.54) is 36.1 Å². The molecule has 3 aromatic rings. The number of hydrogen-bond donors (Lipinski definition) is 0. The molecule has 0 radical (unpaired) electrons. The molecule has 0 unspecified atom stereocenters. The van der Waals surface area contributed by atoms with Crippen molar-refractivity contribution in [1.82, 2.24) is 4.57 Å². The smallest absolute Gasteiger partial charge is 0.496 e. The molecule has 0 aliphatic heterocycles. The van der Waals surface area contributed by atoms with Gasteiger partial charge in [0.25, 0.3) is 0 Å². The van der Waals surface area contributed by atoms with Crippen molar-refractivity contribution in [1.29, 1.82) is 0 Å². The minimum atomic E-state index is -4.80. The lowest BCUT2D eigenvalue weighted by Crippen LogP contribution is -2.17. The molecule has 4 nitrogen and oxygen atoms in total. The maximum atomic E-state index is 12.7. The van der Waals surface area contributed by atoms with E-state index in [2.05, 4.69) is 4.74 Å². The van der Waals surface area contributed by atoms with Crippen LogP contribution in [0.2, 0.25) is 5.02 Å². The maximum Gasteiger partial charge on any atom is 0.573 e. The van der Waals surface area contributed by atoms with Gasteiger partial charge in [-0.05, 0) is 30.3 Å². The first-order valence-electron chi connectivity index (χ1n) is 7.49. The van der Waals surface area contributed by atoms with Crippen molar-refractivity contribution < 1.29 is 27.4 Å². The lowest BCUT2D eigenvalue weighted by atomic mass is 10.1. The van der Waals surface area contributed by atoms with Crippen molar-refractivity contribution >= 4 is 28.4 Å². The zero-order chi connectivity index (χ0) is 18.9. The number of carbonyl (C=O) groups excluding carboxylic acids is 1. The molecule has 0 saturated carbocycles. The molecule has 2 aromatic carbocycles. The van der Waals surface area contributed by atoms with E-state index in [1.807, 2.05) is 0 Å². The van der Waals surface area contributed by atoms with Crippen LogP contribution in [0.25, 0.3) is 10.9 Å². The molecule has 0 spiro atoms. The third-order valence-electron chi connectivity index (χ3n) is 3.76. The monoisotopic (exact) mass is 383 g/mol. The number of aromatic nitrogens is 1. The van der Waals surface area contributed by atoms with Gasteiger partial charge in [-0.3, -0.25) is 9.36 Å². The fraction of sp³-hybridized carbons (Fsp3) is 0.167. The quantitative estimate of drug-likeness (QED) is 0.630. The molecule has 0 aliphatic rings. The van der Waals surface area contributed by atoms with Gasteiger partial charge in [-0.25, -0.2) is 0 Å². The second-order valence-electron chi connectivity index (χ2n) is 5.48. The molecule has 0 fully saturated rings. The highest BCUT2D eigenvalue weighted by atomic mass is 35.5. The summed E-state index contributed by atoms with van der Waals surface area (Å²) in [7, 11) is 1.46. The zero-order valence-corrected chi connectivity index (χ0v) is 14.3. The van der Waals surface area contributed by atoms with Crippen molar-refractivity contribution in [2.45, 2.75) is 12.8 Å². The average Bonchev–Trinajstić information content (AvgIpc) is 2.98. The van der Waals surface area contributed by atoms with Crippen LogP contribution < -0.4 is 9.47 Å². The largest absolute Gasteiger partial charge is 0.573 e. The molecule has 26 heavy (non-hydrogen) atoms. The Balaban J connectivity index is 1.92. The van der Waals surface area contributed by atoms with Gasteiger partial charge in [0.1, 0.15) is 11.5 Å². The number of halogens is 4. The molecule has 0 bridgehead atoms. The van der Waals surface area contributed by atoms with Crippen LogP contribution in [-0.4, -0.2) is 23.9 Å². The topological polar surface area (TPSA) is 40.5 Å². The number of fused-ring (bicyclic) bond motifs is 1. The van der Waals surface area contributed by atoms with E-state index in [-0.39, 0.29) is 18.1 Å². The predicted molar refractivity (Wildman–Crippen MR) is 91.0 cm³/mol. The molecule has 3 rings (SSSR count). The maximum absolute atomic E-state index is 12.7. The third kappa shape index (κ3) is 3.94. The Labute approximate surface area is 151 Å². The van der Waals surface area contributed by atoms with E-state index in [1.54, 1.807) is 24.3 Å². The van der Waals surface area contributed by atoms with Crippen LogP contribution in [0.4, 0.5) is 13.2 Å². The van der Waals surface area contributed by atoms with Crippen molar-refractivity contribution in [3.63, 3.8) is 0 Å². The van der Waals surface area contributed by atoms with E-state index < -0.39 is 6.36 Å². The summed E-state index contributed by atoms with van der Waals surface area (Å²) >= 11 is 5.90. The third-order valence-corrected chi connectivity index (χ3v) is 3.99. The summed E-state index contributed by atoms with van der Waals surface area (Å²) in [6, 6.07) is 10.4. The fourth-order valence-electron chi connectivity index (χ4n) is 2.64. The highest BCUT2D eigenvalue weighted by Crippen LogP contribution is 2.28. The van der Waals surface area contributed by atoms with Crippen molar-refractivity contribution in [3.8, 4) is 11.5 Å². The van der Waals surface area contributed by atoms with Crippen LogP contribution in [0, 0.1) is 0 Å². The highest BCUT2D eigenvalue weighted by molar-refractivity contribution is 6.30. The summed E-state index contributed by atoms with van der Waals surface area (Å²) in [5.74, 6) is -0.255. The summed E-state index contributed by atoms with van der Waals surface area (Å²) in [5, 5.41) is 1.09. The van der Waals surface area contributed by atoms with Gasteiger partial charge in [-0.15, -0.1) is 13.2 Å². The molecule has 0 amide bonds. The van der Waals surface area contributed by atoms with Gasteiger partial charge in [0.2, 0.25) is 5.91 Å². The summed E-state index contributed by atoms with van der Waals surface area (Å²) < 4.78 is 47.6. The standard InChI is InChI=1S/C18H13ClF3NO3/c1-25-16-9-13(19)4-2-12(16)8-17(24)23-7-6-11-3-5-14(10-15(11)23)26-18(20,21)22/h2-7,9-10H,8H2,1H3. The molecule has 1 aromatic heterocycles. The summed E-state index contributed by atoms with van der Waals surface area (Å²) in [4.78, 5) is 12.7. The summed E-state index contributed by atoms with van der Waals surface area (Å²) in [5.41, 5.74) is 0.941. The number of methoxy groups -OCH3 is 1. The van der Waals surface area contributed by atoms with Crippen LogP contribution in [-0.2, 0) is 6.42 Å². The molecule has 1 heterocycles. The van der Waals surface area contributed by atoms with Crippen molar-refractivity contribution in [2.75, 3.05) is 7.11 Å². The molecular formula is C18H13ClF3NO3. The number of benzene rings is 2. The number of rotatable bonds is 4. The molecule has 8 heteroatoms. The van der Waals surface area contributed by atoms with Gasteiger partial charge in [0, 0.05) is 28.2 Å². The molecule has 0 atom stereocenters. The van der Waals surface area contributed by atoms with Crippen LogP contribution in [0.1, 0.15) is 10.4 Å². The SMILES string of the molecule is COc1cc(Cl)ccc1CC(=O)n1ccc2ccc(OC(F)(F)F)cc21. The van der Waals surface area contributed by atoms with E-state index in [0.29, 0.717) is 27.2 Å². The molecular weight excluding hydrogens is 371 g/mol. The Morgan fingerprint density at radius 2 is 1.92 bits per heavy atom. The second kappa shape index (κ2) is 6.92. The normalized spacial score (nSPS) is 11.6. The lowest BCUT2D eigenvalue weighted by Gasteiger charge is -2.11. The minimum absolute atomic E-state index is 0.00548. The first-order valence-corrected chi connectivity index (χ1v) is 7.87. The van der Waals surface area contributed by atoms with E-state index in [9.17, 15) is 18.0 Å². The number of carbonyl (C=O) groups is 1. The Bertz CT molecular complexity index is 966. The minimum Gasteiger partial charge on any atom is -0.496 e. The van der Waals surface area contributed by atoms with Crippen molar-refractivity contribution in [2.24, 2.45) is 0 Å². The number of nitrogens with zero attached hydrogens (tertiary/aromatic N) is 1. The van der Waals surface area contributed by atoms with Gasteiger partial charge >= 0.3 is 6.36 Å². The Hall–Kier alpha value is -2.67. The zero-order valence-electron chi connectivity index (χ0n) is 13.5. The number of hydrogen-bond acceptors (Lipinski definition) is 3. The number of alkyl halides is 3. The van der Waals surface area contributed by atoms with Crippen LogP contribution in [0.5, 0.6) is 11.5 Å². The second-order valence-corrected chi connectivity index (χ2v) is 5.92. The fourth-order valence-corrected chi connectivity index (χ4v) is 2.80. The first kappa shape index (κ1) is 18.1. The van der Waals surface area contributed by atoms with Crippen LogP contribution >= 0.6 is 11.6 Å². The highest BCUT2D eigenvalue weighted by Gasteiger charge is 2.31. The van der Waals surface area contributed by atoms with Gasteiger partial charge in [-0.2, -0.15) is 0 Å². The van der Waals surface area contributed by atoms with Crippen molar-refractivity contribution in [3.05, 3.63) is 59.2 Å². The Morgan fingerprint density at radius 3 is 2.62 bits per heavy atom. The lowest BCUT2D eigenvalue weighted by molar-refractivity contribution is -0.274. The summed E-state index contributed by atoms with van der Waals surface area (Å²) in [6.07, 6.45) is -3.30. The Kier molecular flexibility index (Phi) is 4.82. The predicted octanol–water partition coefficient (Wildman–Crippen LogP) is 5.08. The molecule has 0 aliphatic carbocycles. The van der Waals surface area contributed by atoms with E-state index in [4.69, 9.17) is 16.3 Å². The first-order chi connectivity index (χ1) is 12.3. The Morgan fingerprint density at radius 1 is 1.15 bits per heavy atom. The molecule has 136 valence electrons. The van der Waals surface area contributed by atoms with Crippen LogP contribution in [0.15, 0.2) is 48.7 Å².